The third-order valence-corrected chi connectivity index (χ3v) is 7.21. The van der Waals surface area contributed by atoms with Gasteiger partial charge in [0.05, 0.1) is 16.2 Å². The average Bonchev–Trinajstić information content (AvgIpc) is 2.98. The van der Waals surface area contributed by atoms with Gasteiger partial charge in [0, 0.05) is 49.9 Å². The summed E-state index contributed by atoms with van der Waals surface area (Å²) in [4.78, 5) is 25.8. The van der Waals surface area contributed by atoms with Crippen molar-refractivity contribution in [2.45, 2.75) is 6.61 Å². The summed E-state index contributed by atoms with van der Waals surface area (Å²) >= 11 is 6.49. The summed E-state index contributed by atoms with van der Waals surface area (Å²) in [7, 11) is 2.12. The van der Waals surface area contributed by atoms with Gasteiger partial charge < -0.3 is 25.0 Å². The molecule has 1 amide bonds. The number of ether oxygens (including phenoxy) is 2. The van der Waals surface area contributed by atoms with Gasteiger partial charge in [0.2, 0.25) is 5.91 Å². The fraction of sp³-hybridized carbons (Fsp3) is 0.258. The van der Waals surface area contributed by atoms with E-state index in [4.69, 9.17) is 21.1 Å². The van der Waals surface area contributed by atoms with Crippen LogP contribution in [-0.2, 0) is 11.4 Å². The molecular weight excluding hydrogens is 559 g/mol. The molecule has 42 heavy (non-hydrogen) atoms. The Kier molecular flexibility index (Phi) is 9.48. The van der Waals surface area contributed by atoms with Gasteiger partial charge in [-0.3, -0.25) is 9.69 Å². The second-order valence-electron chi connectivity index (χ2n) is 9.96. The second kappa shape index (κ2) is 13.6. The van der Waals surface area contributed by atoms with Crippen LogP contribution in [0.3, 0.4) is 0 Å². The Morgan fingerprint density at radius 3 is 2.67 bits per heavy atom. The number of fused-ring (bicyclic) bond motifs is 1. The average molecular weight is 591 g/mol. The molecule has 0 unspecified atom stereocenters. The van der Waals surface area contributed by atoms with Crippen LogP contribution < -0.4 is 20.1 Å². The lowest BCUT2D eigenvalue weighted by molar-refractivity contribution is -0.111. The van der Waals surface area contributed by atoms with Crippen molar-refractivity contribution in [1.82, 2.24) is 19.8 Å². The van der Waals surface area contributed by atoms with Gasteiger partial charge in [0.15, 0.2) is 0 Å². The van der Waals surface area contributed by atoms with Crippen molar-refractivity contribution >= 4 is 45.6 Å². The highest BCUT2D eigenvalue weighted by molar-refractivity contribution is 6.32. The molecule has 5 rings (SSSR count). The third kappa shape index (κ3) is 7.52. The number of piperazine rings is 1. The SMILES string of the molecule is C=CC(=O)Nc1cc2c(Nc3ccc(OCc4cccc(F)c4)c(Cl)c3)ncnc2cc1OCCN1CCN(C)CC1. The first-order valence-corrected chi connectivity index (χ1v) is 14.0. The summed E-state index contributed by atoms with van der Waals surface area (Å²) in [6.07, 6.45) is 2.66. The van der Waals surface area contributed by atoms with Crippen LogP contribution in [0.4, 0.5) is 21.6 Å². The highest BCUT2D eigenvalue weighted by atomic mass is 35.5. The maximum Gasteiger partial charge on any atom is 0.247 e. The monoisotopic (exact) mass is 590 g/mol. The fourth-order valence-corrected chi connectivity index (χ4v) is 4.80. The number of nitrogens with one attached hydrogen (secondary N) is 2. The van der Waals surface area contributed by atoms with Crippen molar-refractivity contribution in [3.8, 4) is 11.5 Å². The van der Waals surface area contributed by atoms with Crippen molar-refractivity contribution in [2.75, 3.05) is 57.0 Å². The molecule has 1 aliphatic rings. The van der Waals surface area contributed by atoms with Crippen LogP contribution in [0.1, 0.15) is 5.56 Å². The van der Waals surface area contributed by atoms with E-state index in [1.165, 1.54) is 24.5 Å². The molecular formula is C31H32ClFN6O3. The molecule has 0 aliphatic carbocycles. The molecule has 1 aromatic heterocycles. The largest absolute Gasteiger partial charge is 0.490 e. The number of amides is 1. The number of hydrogen-bond acceptors (Lipinski definition) is 8. The molecule has 0 radical (unpaired) electrons. The molecule has 1 saturated heterocycles. The zero-order chi connectivity index (χ0) is 29.5. The predicted molar refractivity (Wildman–Crippen MR) is 163 cm³/mol. The van der Waals surface area contributed by atoms with Crippen LogP contribution in [0.5, 0.6) is 11.5 Å². The minimum Gasteiger partial charge on any atom is -0.490 e. The van der Waals surface area contributed by atoms with E-state index in [-0.39, 0.29) is 18.3 Å². The number of benzene rings is 3. The van der Waals surface area contributed by atoms with E-state index in [1.807, 2.05) is 0 Å². The van der Waals surface area contributed by atoms with Gasteiger partial charge in [-0.1, -0.05) is 30.3 Å². The molecule has 2 heterocycles. The zero-order valence-electron chi connectivity index (χ0n) is 23.3. The predicted octanol–water partition coefficient (Wildman–Crippen LogP) is 5.50. The van der Waals surface area contributed by atoms with Crippen LogP contribution >= 0.6 is 11.6 Å². The molecule has 3 aromatic carbocycles. The van der Waals surface area contributed by atoms with Crippen molar-refractivity contribution < 1.29 is 18.7 Å². The topological polar surface area (TPSA) is 91.8 Å². The number of anilines is 3. The first-order chi connectivity index (χ1) is 20.4. The zero-order valence-corrected chi connectivity index (χ0v) is 24.0. The molecule has 0 saturated carbocycles. The van der Waals surface area contributed by atoms with Crippen LogP contribution in [-0.4, -0.2) is 72.1 Å². The number of rotatable bonds is 11. The minimum absolute atomic E-state index is 0.180. The first kappa shape index (κ1) is 29.2. The lowest BCUT2D eigenvalue weighted by atomic mass is 10.1. The van der Waals surface area contributed by atoms with E-state index >= 15 is 0 Å². The number of nitrogens with zero attached hydrogens (tertiary/aromatic N) is 4. The summed E-state index contributed by atoms with van der Waals surface area (Å²) in [5.41, 5.74) is 2.49. The normalized spacial score (nSPS) is 14.0. The number of carbonyl (C=O) groups is 1. The van der Waals surface area contributed by atoms with Gasteiger partial charge in [-0.2, -0.15) is 0 Å². The van der Waals surface area contributed by atoms with E-state index in [0.29, 0.717) is 56.8 Å². The Morgan fingerprint density at radius 1 is 1.07 bits per heavy atom. The quantitative estimate of drug-likeness (QED) is 0.221. The first-order valence-electron chi connectivity index (χ1n) is 13.6. The second-order valence-corrected chi connectivity index (χ2v) is 10.4. The number of likely N-dealkylation sites (N-methyl/N-ethyl adjacent to an activating group) is 1. The molecule has 11 heteroatoms. The summed E-state index contributed by atoms with van der Waals surface area (Å²) in [6, 6.07) is 15.0. The Morgan fingerprint density at radius 2 is 1.90 bits per heavy atom. The van der Waals surface area contributed by atoms with Gasteiger partial charge in [-0.05, 0) is 55.1 Å². The number of hydrogen-bond donors (Lipinski definition) is 2. The number of halogens is 2. The molecule has 218 valence electrons. The van der Waals surface area contributed by atoms with Crippen molar-refractivity contribution in [3.63, 3.8) is 0 Å². The van der Waals surface area contributed by atoms with E-state index < -0.39 is 0 Å². The van der Waals surface area contributed by atoms with E-state index in [9.17, 15) is 9.18 Å². The standard InChI is InChI=1S/C31H32ClFN6O3/c1-3-30(40)37-27-17-24-26(18-29(27)41-14-13-39-11-9-38(2)10-12-39)34-20-35-31(24)36-23-7-8-28(25(32)16-23)42-19-21-5-4-6-22(33)15-21/h3-8,15-18,20H,1,9-14,19H2,2H3,(H,37,40)(H,34,35,36). The van der Waals surface area contributed by atoms with Gasteiger partial charge in [0.1, 0.15) is 42.7 Å². The molecule has 4 aromatic rings. The maximum absolute atomic E-state index is 13.5. The smallest absolute Gasteiger partial charge is 0.247 e. The summed E-state index contributed by atoms with van der Waals surface area (Å²) < 4.78 is 25.4. The van der Waals surface area contributed by atoms with Gasteiger partial charge in [-0.15, -0.1) is 0 Å². The minimum atomic E-state index is -0.356. The third-order valence-electron chi connectivity index (χ3n) is 6.92. The van der Waals surface area contributed by atoms with Crippen molar-refractivity contribution in [3.05, 3.63) is 90.0 Å². The van der Waals surface area contributed by atoms with Crippen LogP contribution in [0.15, 0.2) is 73.6 Å². The van der Waals surface area contributed by atoms with E-state index in [0.717, 1.165) is 32.7 Å². The molecule has 0 bridgehead atoms. The maximum atomic E-state index is 13.5. The van der Waals surface area contributed by atoms with Crippen LogP contribution in [0.2, 0.25) is 5.02 Å². The van der Waals surface area contributed by atoms with Crippen molar-refractivity contribution in [2.24, 2.45) is 0 Å². The van der Waals surface area contributed by atoms with Crippen LogP contribution in [0, 0.1) is 5.82 Å². The van der Waals surface area contributed by atoms with E-state index in [1.54, 1.807) is 42.5 Å². The Labute approximate surface area is 248 Å². The molecule has 1 fully saturated rings. The highest BCUT2D eigenvalue weighted by Gasteiger charge is 2.16. The van der Waals surface area contributed by atoms with Gasteiger partial charge in [0.25, 0.3) is 0 Å². The Bertz CT molecular complexity index is 1580. The number of carbonyl (C=O) groups excluding carboxylic acids is 1. The molecule has 0 atom stereocenters. The van der Waals surface area contributed by atoms with Crippen LogP contribution in [0.25, 0.3) is 10.9 Å². The summed E-state index contributed by atoms with van der Waals surface area (Å²) in [5.74, 6) is 0.814. The Hall–Kier alpha value is -4.25. The van der Waals surface area contributed by atoms with E-state index in [2.05, 4.69) is 44.0 Å². The van der Waals surface area contributed by atoms with Crippen molar-refractivity contribution in [1.29, 1.82) is 0 Å². The highest BCUT2D eigenvalue weighted by Crippen LogP contribution is 2.35. The summed E-state index contributed by atoms with van der Waals surface area (Å²) in [6.45, 7) is 9.02. The Balaban J connectivity index is 1.32. The lowest BCUT2D eigenvalue weighted by Crippen LogP contribution is -2.45. The molecule has 1 aliphatic heterocycles. The fourth-order valence-electron chi connectivity index (χ4n) is 4.56. The van der Waals surface area contributed by atoms with Gasteiger partial charge in [-0.25, -0.2) is 14.4 Å². The summed E-state index contributed by atoms with van der Waals surface area (Å²) in [5, 5.41) is 7.16. The lowest BCUT2D eigenvalue weighted by Gasteiger charge is -2.32. The molecule has 9 nitrogen and oxygen atoms in total. The molecule has 2 N–H and O–H groups in total. The molecule has 0 spiro atoms. The van der Waals surface area contributed by atoms with Gasteiger partial charge >= 0.3 is 0 Å². The number of aromatic nitrogens is 2.